The van der Waals surface area contributed by atoms with Crippen molar-refractivity contribution in [2.45, 2.75) is 24.2 Å². The maximum Gasteiger partial charge on any atom is 0.416 e. The maximum absolute atomic E-state index is 13.1. The number of rotatable bonds is 8. The molecule has 0 fully saturated rings. The van der Waals surface area contributed by atoms with E-state index in [0.717, 1.165) is 39.7 Å². The van der Waals surface area contributed by atoms with Gasteiger partial charge in [-0.1, -0.05) is 18.2 Å². The molecule has 2 aromatic heterocycles. The molecule has 0 radical (unpaired) electrons. The number of sulfone groups is 1. The summed E-state index contributed by atoms with van der Waals surface area (Å²) in [7, 11) is -1.36. The lowest BCUT2D eigenvalue weighted by molar-refractivity contribution is -0.137. The van der Waals surface area contributed by atoms with Crippen molar-refractivity contribution in [2.24, 2.45) is 7.05 Å². The number of aromatic nitrogens is 2. The van der Waals surface area contributed by atoms with Gasteiger partial charge in [-0.05, 0) is 42.0 Å². The van der Waals surface area contributed by atoms with Gasteiger partial charge >= 0.3 is 11.9 Å². The van der Waals surface area contributed by atoms with Crippen LogP contribution >= 0.6 is 11.3 Å². The Morgan fingerprint density at radius 3 is 2.41 bits per heavy atom. The third-order valence-electron chi connectivity index (χ3n) is 5.95. The Morgan fingerprint density at radius 2 is 1.77 bits per heavy atom. The summed E-state index contributed by atoms with van der Waals surface area (Å²) >= 11 is 0.927. The number of methoxy groups -OCH3 is 1. The minimum atomic E-state index is -4.74. The Balaban J connectivity index is 1.57. The number of nitrogens with one attached hydrogen (secondary N) is 1. The Morgan fingerprint density at radius 1 is 1.08 bits per heavy atom. The van der Waals surface area contributed by atoms with E-state index in [0.29, 0.717) is 16.4 Å². The first-order valence-corrected chi connectivity index (χ1v) is 13.8. The number of thiophene rings is 1. The fourth-order valence-corrected chi connectivity index (χ4v) is 6.07. The van der Waals surface area contributed by atoms with Gasteiger partial charge in [-0.15, -0.1) is 11.3 Å². The number of amides is 1. The molecule has 0 aliphatic heterocycles. The van der Waals surface area contributed by atoms with Gasteiger partial charge in [0.05, 0.1) is 33.6 Å². The summed E-state index contributed by atoms with van der Waals surface area (Å²) in [5, 5.41) is 2.77. The molecule has 2 aromatic carbocycles. The van der Waals surface area contributed by atoms with Gasteiger partial charge in [0.2, 0.25) is 0 Å². The van der Waals surface area contributed by atoms with Gasteiger partial charge in [0, 0.05) is 20.1 Å². The van der Waals surface area contributed by atoms with Crippen LogP contribution in [0.15, 0.2) is 69.1 Å². The molecule has 0 bridgehead atoms. The van der Waals surface area contributed by atoms with Crippen LogP contribution in [-0.4, -0.2) is 36.3 Å². The molecule has 0 aliphatic carbocycles. The third-order valence-corrected chi connectivity index (χ3v) is 8.85. The van der Waals surface area contributed by atoms with E-state index < -0.39 is 55.9 Å². The Kier molecular flexibility index (Phi) is 7.70. The van der Waals surface area contributed by atoms with Crippen molar-refractivity contribution in [1.82, 2.24) is 14.5 Å². The maximum atomic E-state index is 13.1. The number of carbonyl (C=O) groups is 1. The summed E-state index contributed by atoms with van der Waals surface area (Å²) in [6.07, 6.45) is -4.74. The Labute approximate surface area is 224 Å². The quantitative estimate of drug-likeness (QED) is 0.342. The fraction of sp³-hybridized carbons (Fsp3) is 0.240. The van der Waals surface area contributed by atoms with E-state index in [4.69, 9.17) is 4.74 Å². The highest BCUT2D eigenvalue weighted by Gasteiger charge is 2.31. The van der Waals surface area contributed by atoms with Crippen LogP contribution in [0.4, 0.5) is 13.2 Å². The van der Waals surface area contributed by atoms with E-state index >= 15 is 0 Å². The van der Waals surface area contributed by atoms with Crippen molar-refractivity contribution in [3.05, 3.63) is 91.4 Å². The van der Waals surface area contributed by atoms with Gasteiger partial charge in [-0.2, -0.15) is 13.2 Å². The van der Waals surface area contributed by atoms with E-state index in [1.807, 2.05) is 0 Å². The van der Waals surface area contributed by atoms with Gasteiger partial charge < -0.3 is 10.1 Å². The first-order chi connectivity index (χ1) is 18.3. The number of hydrogen-bond acceptors (Lipinski definition) is 7. The second kappa shape index (κ2) is 10.7. The molecule has 1 N–H and O–H groups in total. The zero-order chi connectivity index (χ0) is 28.5. The highest BCUT2D eigenvalue weighted by atomic mass is 32.2. The summed E-state index contributed by atoms with van der Waals surface area (Å²) in [5.41, 5.74) is -1.95. The number of carbonyl (C=O) groups excluding carboxylic acids is 1. The lowest BCUT2D eigenvalue weighted by atomic mass is 10.2. The van der Waals surface area contributed by atoms with Crippen LogP contribution in [0.5, 0.6) is 5.75 Å². The summed E-state index contributed by atoms with van der Waals surface area (Å²) in [4.78, 5) is 38.5. The molecule has 9 nitrogen and oxygen atoms in total. The molecule has 1 amide bonds. The van der Waals surface area contributed by atoms with Crippen LogP contribution in [-0.2, 0) is 36.2 Å². The molecule has 2 heterocycles. The average Bonchev–Trinajstić information content (AvgIpc) is 3.36. The number of aryl methyl sites for hydroxylation is 1. The summed E-state index contributed by atoms with van der Waals surface area (Å²) in [6, 6.07) is 11.6. The molecule has 0 unspecified atom stereocenters. The summed E-state index contributed by atoms with van der Waals surface area (Å²) < 4.78 is 71.4. The third kappa shape index (κ3) is 5.91. The van der Waals surface area contributed by atoms with Crippen LogP contribution in [0.3, 0.4) is 0 Å². The molecule has 0 saturated carbocycles. The lowest BCUT2D eigenvalue weighted by Gasteiger charge is -2.11. The number of fused-ring (bicyclic) bond motifs is 1. The standard InChI is InChI=1S/C25H22F3N3O6S2/c1-30-23-19(13-20(38-23)21(32)29-14-15-6-8-17(37-2)9-7-15)22(33)31(24(30)34)10-11-39(35,36)18-5-3-4-16(12-18)25(26,27)28/h3-9,12-13H,10-11,14H2,1-2H3,(H,29,32). The second-order valence-corrected chi connectivity index (χ2v) is 11.6. The first kappa shape index (κ1) is 28.1. The molecule has 14 heteroatoms. The first-order valence-electron chi connectivity index (χ1n) is 11.4. The largest absolute Gasteiger partial charge is 0.497 e. The molecule has 0 saturated heterocycles. The number of ether oxygens (including phenoxy) is 1. The topological polar surface area (TPSA) is 116 Å². The van der Waals surface area contributed by atoms with Crippen molar-refractivity contribution in [3.63, 3.8) is 0 Å². The van der Waals surface area contributed by atoms with Gasteiger partial charge in [0.25, 0.3) is 11.5 Å². The SMILES string of the molecule is COc1ccc(CNC(=O)c2cc3c(=O)n(CCS(=O)(=O)c4cccc(C(F)(F)F)c4)c(=O)n(C)c3s2)cc1. The molecule has 4 rings (SSSR count). The number of alkyl halides is 3. The zero-order valence-corrected chi connectivity index (χ0v) is 22.2. The van der Waals surface area contributed by atoms with Crippen LogP contribution in [0.2, 0.25) is 0 Å². The molecule has 4 aromatic rings. The molecular weight excluding hydrogens is 559 g/mol. The lowest BCUT2D eigenvalue weighted by Crippen LogP contribution is -2.40. The van der Waals surface area contributed by atoms with E-state index in [1.165, 1.54) is 20.2 Å². The van der Waals surface area contributed by atoms with Crippen LogP contribution in [0.1, 0.15) is 20.8 Å². The Hall–Kier alpha value is -3.91. The highest BCUT2D eigenvalue weighted by molar-refractivity contribution is 7.91. The summed E-state index contributed by atoms with van der Waals surface area (Å²) in [6.45, 7) is -0.386. The van der Waals surface area contributed by atoms with Crippen molar-refractivity contribution in [1.29, 1.82) is 0 Å². The predicted molar refractivity (Wildman–Crippen MR) is 139 cm³/mol. The van der Waals surface area contributed by atoms with Crippen LogP contribution in [0, 0.1) is 0 Å². The smallest absolute Gasteiger partial charge is 0.416 e. The average molecular weight is 582 g/mol. The van der Waals surface area contributed by atoms with Crippen molar-refractivity contribution >= 4 is 37.3 Å². The molecule has 0 spiro atoms. The van der Waals surface area contributed by atoms with Gasteiger partial charge in [-0.25, -0.2) is 13.2 Å². The van der Waals surface area contributed by atoms with E-state index in [1.54, 1.807) is 24.3 Å². The minimum absolute atomic E-state index is 0.0353. The van der Waals surface area contributed by atoms with Gasteiger partial charge in [-0.3, -0.25) is 18.7 Å². The predicted octanol–water partition coefficient (Wildman–Crippen LogP) is 3.19. The van der Waals surface area contributed by atoms with Gasteiger partial charge in [0.15, 0.2) is 9.84 Å². The Bertz CT molecular complexity index is 1770. The molecule has 39 heavy (non-hydrogen) atoms. The van der Waals surface area contributed by atoms with Crippen LogP contribution < -0.4 is 21.3 Å². The normalized spacial score (nSPS) is 12.0. The number of hydrogen-bond donors (Lipinski definition) is 1. The van der Waals surface area contributed by atoms with Gasteiger partial charge in [0.1, 0.15) is 10.6 Å². The fourth-order valence-electron chi connectivity index (χ4n) is 3.80. The van der Waals surface area contributed by atoms with E-state index in [9.17, 15) is 36.0 Å². The van der Waals surface area contributed by atoms with Crippen LogP contribution in [0.25, 0.3) is 10.2 Å². The highest BCUT2D eigenvalue weighted by Crippen LogP contribution is 2.30. The molecule has 206 valence electrons. The van der Waals surface area contributed by atoms with Crippen molar-refractivity contribution in [2.75, 3.05) is 12.9 Å². The number of nitrogens with zero attached hydrogens (tertiary/aromatic N) is 2. The summed E-state index contributed by atoms with van der Waals surface area (Å²) in [5.74, 6) is -0.596. The number of benzene rings is 2. The zero-order valence-electron chi connectivity index (χ0n) is 20.6. The van der Waals surface area contributed by atoms with Crippen molar-refractivity contribution in [3.8, 4) is 5.75 Å². The number of halogens is 3. The minimum Gasteiger partial charge on any atom is -0.497 e. The van der Waals surface area contributed by atoms with Crippen molar-refractivity contribution < 1.29 is 31.1 Å². The monoisotopic (exact) mass is 581 g/mol. The van der Waals surface area contributed by atoms with E-state index in [2.05, 4.69) is 5.32 Å². The second-order valence-electron chi connectivity index (χ2n) is 8.50. The molecule has 0 aliphatic rings. The van der Waals surface area contributed by atoms with E-state index in [-0.39, 0.29) is 21.6 Å². The molecular formula is C25H22F3N3O6S2. The molecule has 0 atom stereocenters.